The number of rotatable bonds is 5. The third-order valence-corrected chi connectivity index (χ3v) is 2.79. The minimum absolute atomic E-state index is 0.211. The van der Waals surface area contributed by atoms with Gasteiger partial charge in [0, 0.05) is 12.9 Å². The number of nitrogens with two attached hydrogens (primary N) is 1. The van der Waals surface area contributed by atoms with Crippen LogP contribution < -0.4 is 5.73 Å². The summed E-state index contributed by atoms with van der Waals surface area (Å²) in [5.74, 6) is -0.0473. The van der Waals surface area contributed by atoms with Crippen molar-refractivity contribution < 1.29 is 14.3 Å². The Morgan fingerprint density at radius 3 is 2.38 bits per heavy atom. The number of ether oxygens (including phenoxy) is 1. The number of primary amides is 1. The van der Waals surface area contributed by atoms with Crippen molar-refractivity contribution in [2.75, 3.05) is 19.5 Å². The van der Waals surface area contributed by atoms with Gasteiger partial charge < -0.3 is 10.5 Å². The number of carbonyl (C=O) groups excluding carboxylic acids is 2. The maximum Gasteiger partial charge on any atom is 0.231 e. The molecular formula is C8H15NO3S. The Hall–Kier alpha value is -0.550. The summed E-state index contributed by atoms with van der Waals surface area (Å²) in [6.45, 7) is 3.54. The second kappa shape index (κ2) is 5.24. The largest absolute Gasteiger partial charge is 0.384 e. The molecule has 0 aliphatic carbocycles. The fraction of sp³-hybridized carbons (Fsp3) is 0.750. The lowest BCUT2D eigenvalue weighted by Crippen LogP contribution is -2.37. The fourth-order valence-electron chi connectivity index (χ4n) is 0.499. The standard InChI is InChI=1S/C8H15NO3S/c1-8(2,6(9)10)7(11)13-5-4-12-3/h4-5H2,1-3H3,(H2,9,10). The average molecular weight is 205 g/mol. The van der Waals surface area contributed by atoms with Crippen LogP contribution in [-0.2, 0) is 14.3 Å². The van der Waals surface area contributed by atoms with Crippen molar-refractivity contribution in [3.63, 3.8) is 0 Å². The molecule has 4 nitrogen and oxygen atoms in total. The van der Waals surface area contributed by atoms with E-state index in [4.69, 9.17) is 10.5 Å². The number of hydrogen-bond donors (Lipinski definition) is 1. The second-order valence-corrected chi connectivity index (χ2v) is 4.19. The predicted molar refractivity (Wildman–Crippen MR) is 52.3 cm³/mol. The summed E-state index contributed by atoms with van der Waals surface area (Å²) < 4.78 is 4.78. The van der Waals surface area contributed by atoms with Crippen LogP contribution in [0.1, 0.15) is 13.8 Å². The number of hydrogen-bond acceptors (Lipinski definition) is 4. The molecule has 0 heterocycles. The molecule has 1 amide bonds. The van der Waals surface area contributed by atoms with E-state index in [1.807, 2.05) is 0 Å². The van der Waals surface area contributed by atoms with Gasteiger partial charge in [0.2, 0.25) is 11.0 Å². The van der Waals surface area contributed by atoms with Gasteiger partial charge in [0.1, 0.15) is 5.41 Å². The maximum absolute atomic E-state index is 11.4. The Balaban J connectivity index is 4.03. The Morgan fingerprint density at radius 1 is 1.46 bits per heavy atom. The van der Waals surface area contributed by atoms with Gasteiger partial charge in [-0.3, -0.25) is 9.59 Å². The first-order valence-corrected chi connectivity index (χ1v) is 4.87. The molecule has 0 unspecified atom stereocenters. The van der Waals surface area contributed by atoms with Crippen LogP contribution in [0.2, 0.25) is 0 Å². The molecule has 2 N–H and O–H groups in total. The van der Waals surface area contributed by atoms with Crippen molar-refractivity contribution in [3.8, 4) is 0 Å². The number of amides is 1. The minimum Gasteiger partial charge on any atom is -0.384 e. The van der Waals surface area contributed by atoms with Crippen LogP contribution in [0, 0.1) is 5.41 Å². The Labute approximate surface area is 82.2 Å². The quantitative estimate of drug-likeness (QED) is 0.521. The zero-order valence-electron chi connectivity index (χ0n) is 8.12. The molecule has 0 aliphatic heterocycles. The Bertz CT molecular complexity index is 204. The summed E-state index contributed by atoms with van der Waals surface area (Å²) in [6, 6.07) is 0. The lowest BCUT2D eigenvalue weighted by atomic mass is 9.95. The number of thioether (sulfide) groups is 1. The lowest BCUT2D eigenvalue weighted by molar-refractivity contribution is -0.133. The van der Waals surface area contributed by atoms with E-state index >= 15 is 0 Å². The highest BCUT2D eigenvalue weighted by Crippen LogP contribution is 2.23. The van der Waals surface area contributed by atoms with Crippen LogP contribution >= 0.6 is 11.8 Å². The zero-order chi connectivity index (χ0) is 10.5. The van der Waals surface area contributed by atoms with E-state index < -0.39 is 11.3 Å². The van der Waals surface area contributed by atoms with Gasteiger partial charge in [-0.15, -0.1) is 0 Å². The molecule has 0 aromatic heterocycles. The summed E-state index contributed by atoms with van der Waals surface area (Å²) in [5, 5.41) is -0.211. The van der Waals surface area contributed by atoms with Gasteiger partial charge >= 0.3 is 0 Å². The van der Waals surface area contributed by atoms with Gasteiger partial charge in [-0.05, 0) is 13.8 Å². The topological polar surface area (TPSA) is 69.4 Å². The van der Waals surface area contributed by atoms with Gasteiger partial charge in [-0.25, -0.2) is 0 Å². The Kier molecular flexibility index (Phi) is 5.02. The van der Waals surface area contributed by atoms with Gasteiger partial charge in [-0.2, -0.15) is 0 Å². The van der Waals surface area contributed by atoms with Crippen LogP contribution in [-0.4, -0.2) is 30.5 Å². The van der Waals surface area contributed by atoms with Crippen molar-refractivity contribution in [3.05, 3.63) is 0 Å². The summed E-state index contributed by atoms with van der Waals surface area (Å²) in [6.07, 6.45) is 0. The van der Waals surface area contributed by atoms with E-state index in [2.05, 4.69) is 0 Å². The average Bonchev–Trinajstić information content (AvgIpc) is 2.04. The lowest BCUT2D eigenvalue weighted by Gasteiger charge is -2.17. The highest BCUT2D eigenvalue weighted by atomic mass is 32.2. The molecule has 0 aromatic carbocycles. The molecule has 0 rings (SSSR count). The van der Waals surface area contributed by atoms with E-state index in [1.54, 1.807) is 7.11 Å². The molecule has 76 valence electrons. The normalized spacial score (nSPS) is 11.3. The molecule has 0 saturated carbocycles. The van der Waals surface area contributed by atoms with E-state index in [1.165, 1.54) is 13.8 Å². The highest BCUT2D eigenvalue weighted by Gasteiger charge is 2.33. The number of carbonyl (C=O) groups is 2. The van der Waals surface area contributed by atoms with Gasteiger partial charge in [-0.1, -0.05) is 11.8 Å². The zero-order valence-corrected chi connectivity index (χ0v) is 8.94. The molecule has 0 atom stereocenters. The van der Waals surface area contributed by atoms with Gasteiger partial charge in [0.15, 0.2) is 0 Å². The van der Waals surface area contributed by atoms with Crippen molar-refractivity contribution in [1.82, 2.24) is 0 Å². The highest BCUT2D eigenvalue weighted by molar-refractivity contribution is 8.13. The molecule has 0 fully saturated rings. The van der Waals surface area contributed by atoms with E-state index in [0.717, 1.165) is 11.8 Å². The van der Waals surface area contributed by atoms with Crippen LogP contribution in [0.5, 0.6) is 0 Å². The molecule has 0 saturated heterocycles. The Morgan fingerprint density at radius 2 is 2.00 bits per heavy atom. The summed E-state index contributed by atoms with van der Waals surface area (Å²) in [5.41, 5.74) is 3.99. The predicted octanol–water partition coefficient (Wildman–Crippen LogP) is 0.404. The fourth-order valence-corrected chi connectivity index (χ4v) is 1.40. The maximum atomic E-state index is 11.4. The van der Waals surface area contributed by atoms with Crippen LogP contribution in [0.25, 0.3) is 0 Å². The molecule has 0 aromatic rings. The first-order valence-electron chi connectivity index (χ1n) is 3.89. The van der Waals surface area contributed by atoms with E-state index in [0.29, 0.717) is 12.4 Å². The molecular weight excluding hydrogens is 190 g/mol. The smallest absolute Gasteiger partial charge is 0.231 e. The van der Waals surface area contributed by atoms with Crippen molar-refractivity contribution >= 4 is 22.8 Å². The monoisotopic (exact) mass is 205 g/mol. The van der Waals surface area contributed by atoms with Gasteiger partial charge in [0.05, 0.1) is 6.61 Å². The first-order chi connectivity index (χ1) is 5.92. The molecule has 0 spiro atoms. The van der Waals surface area contributed by atoms with E-state index in [9.17, 15) is 9.59 Å². The molecule has 5 heteroatoms. The summed E-state index contributed by atoms with van der Waals surface area (Å²) >= 11 is 1.07. The van der Waals surface area contributed by atoms with Crippen molar-refractivity contribution in [2.24, 2.45) is 11.1 Å². The van der Waals surface area contributed by atoms with Gasteiger partial charge in [0.25, 0.3) is 0 Å². The minimum atomic E-state index is -1.08. The van der Waals surface area contributed by atoms with Crippen LogP contribution in [0.3, 0.4) is 0 Å². The van der Waals surface area contributed by atoms with Crippen molar-refractivity contribution in [2.45, 2.75) is 13.8 Å². The molecule has 13 heavy (non-hydrogen) atoms. The van der Waals surface area contributed by atoms with Crippen LogP contribution in [0.15, 0.2) is 0 Å². The second-order valence-electron chi connectivity index (χ2n) is 3.12. The summed E-state index contributed by atoms with van der Waals surface area (Å²) in [7, 11) is 1.56. The SMILES string of the molecule is COCCSC(=O)C(C)(C)C(N)=O. The van der Waals surface area contributed by atoms with Crippen molar-refractivity contribution in [1.29, 1.82) is 0 Å². The third kappa shape index (κ3) is 3.78. The number of methoxy groups -OCH3 is 1. The van der Waals surface area contributed by atoms with E-state index in [-0.39, 0.29) is 5.12 Å². The molecule has 0 bridgehead atoms. The first kappa shape index (κ1) is 12.4. The van der Waals surface area contributed by atoms with Crippen LogP contribution in [0.4, 0.5) is 0 Å². The molecule has 0 aliphatic rings. The molecule has 0 radical (unpaired) electrons. The third-order valence-electron chi connectivity index (χ3n) is 1.65. The summed E-state index contributed by atoms with van der Waals surface area (Å²) in [4.78, 5) is 22.2.